The highest BCUT2D eigenvalue weighted by Gasteiger charge is 2.53. The minimum atomic E-state index is 0.602. The van der Waals surface area contributed by atoms with E-state index in [0.29, 0.717) is 5.54 Å². The maximum atomic E-state index is 4.23. The van der Waals surface area contributed by atoms with Crippen molar-refractivity contribution in [1.82, 2.24) is 4.98 Å². The quantitative estimate of drug-likeness (QED) is 0.865. The summed E-state index contributed by atoms with van der Waals surface area (Å²) in [5.74, 6) is 3.17. The molecule has 4 bridgehead atoms. The fourth-order valence-corrected chi connectivity index (χ4v) is 5.28. The van der Waals surface area contributed by atoms with Gasteiger partial charge >= 0.3 is 0 Å². The lowest BCUT2D eigenvalue weighted by molar-refractivity contribution is -0.752. The molecule has 1 heterocycles. The predicted octanol–water partition coefficient (Wildman–Crippen LogP) is 2.11. The summed E-state index contributed by atoms with van der Waals surface area (Å²) in [6.45, 7) is 1.12. The second-order valence-electron chi connectivity index (χ2n) is 7.05. The lowest BCUT2D eigenvalue weighted by Crippen LogP contribution is -2.97. The molecule has 4 aliphatic rings. The van der Waals surface area contributed by atoms with Gasteiger partial charge in [-0.2, -0.15) is 0 Å². The SMILES string of the molecule is c1cncc(C[NH2+]C23CC4CC(CC(C4)C2)C3)c1. The van der Waals surface area contributed by atoms with E-state index < -0.39 is 0 Å². The van der Waals surface area contributed by atoms with Gasteiger partial charge in [-0.15, -0.1) is 0 Å². The van der Waals surface area contributed by atoms with Gasteiger partial charge in [-0.25, -0.2) is 0 Å². The Morgan fingerprint density at radius 1 is 1.11 bits per heavy atom. The summed E-state index contributed by atoms with van der Waals surface area (Å²) < 4.78 is 0. The molecule has 0 aromatic carbocycles. The van der Waals surface area contributed by atoms with Gasteiger partial charge < -0.3 is 5.32 Å². The van der Waals surface area contributed by atoms with Crippen molar-refractivity contribution in [2.75, 3.05) is 0 Å². The molecule has 2 nitrogen and oxygen atoms in total. The number of aromatic nitrogens is 1. The molecule has 0 saturated heterocycles. The minimum absolute atomic E-state index is 0.602. The van der Waals surface area contributed by atoms with E-state index in [1.165, 1.54) is 24.8 Å². The van der Waals surface area contributed by atoms with Crippen LogP contribution in [0.1, 0.15) is 44.1 Å². The molecule has 2 heteroatoms. The number of nitrogens with two attached hydrogens (primary N) is 1. The van der Waals surface area contributed by atoms with Crippen LogP contribution in [0.25, 0.3) is 0 Å². The molecule has 1 aromatic heterocycles. The van der Waals surface area contributed by atoms with Crippen LogP contribution in [-0.4, -0.2) is 10.5 Å². The summed E-state index contributed by atoms with van der Waals surface area (Å²) in [6, 6.07) is 4.27. The number of hydrogen-bond donors (Lipinski definition) is 1. The predicted molar refractivity (Wildman–Crippen MR) is 70.8 cm³/mol. The zero-order chi connectivity index (χ0) is 12.0. The Kier molecular flexibility index (Phi) is 2.47. The fraction of sp³-hybridized carbons (Fsp3) is 0.688. The molecule has 0 radical (unpaired) electrons. The molecular weight excluding hydrogens is 220 g/mol. The number of nitrogens with zero attached hydrogens (tertiary/aromatic N) is 1. The maximum absolute atomic E-state index is 4.23. The third-order valence-corrected chi connectivity index (χ3v) is 5.58. The lowest BCUT2D eigenvalue weighted by Gasteiger charge is -2.54. The molecule has 0 unspecified atom stereocenters. The highest BCUT2D eigenvalue weighted by atomic mass is 15.0. The summed E-state index contributed by atoms with van der Waals surface area (Å²) in [5.41, 5.74) is 1.98. The zero-order valence-corrected chi connectivity index (χ0v) is 11.0. The van der Waals surface area contributed by atoms with Crippen molar-refractivity contribution in [3.63, 3.8) is 0 Å². The third kappa shape index (κ3) is 1.87. The van der Waals surface area contributed by atoms with E-state index >= 15 is 0 Å². The summed E-state index contributed by atoms with van der Waals surface area (Å²) in [5, 5.41) is 2.66. The van der Waals surface area contributed by atoms with Gasteiger partial charge in [-0.05, 0) is 43.1 Å². The molecule has 96 valence electrons. The monoisotopic (exact) mass is 243 g/mol. The Labute approximate surface area is 109 Å². The summed E-state index contributed by atoms with van der Waals surface area (Å²) in [6.07, 6.45) is 13.0. The third-order valence-electron chi connectivity index (χ3n) is 5.58. The first kappa shape index (κ1) is 11.0. The van der Waals surface area contributed by atoms with Crippen LogP contribution in [0.5, 0.6) is 0 Å². The molecular formula is C16H23N2+. The number of pyridine rings is 1. The first-order chi connectivity index (χ1) is 8.81. The van der Waals surface area contributed by atoms with Gasteiger partial charge in [0.2, 0.25) is 0 Å². The van der Waals surface area contributed by atoms with E-state index in [0.717, 1.165) is 24.3 Å². The standard InChI is InChI=1S/C16H22N2/c1-2-12(10-17-3-1)11-18-16-7-13-4-14(8-16)6-15(5-13)9-16/h1-3,10,13-15,18H,4-9,11H2/p+1. The Morgan fingerprint density at radius 2 is 1.78 bits per heavy atom. The van der Waals surface area contributed by atoms with Gasteiger partial charge in [0.25, 0.3) is 0 Å². The lowest BCUT2D eigenvalue weighted by atomic mass is 9.53. The molecule has 0 atom stereocenters. The Hall–Kier alpha value is -0.890. The molecule has 18 heavy (non-hydrogen) atoms. The molecule has 0 amide bonds. The second-order valence-corrected chi connectivity index (χ2v) is 7.05. The summed E-state index contributed by atoms with van der Waals surface area (Å²) in [7, 11) is 0. The average molecular weight is 243 g/mol. The van der Waals surface area contributed by atoms with Crippen LogP contribution < -0.4 is 5.32 Å². The first-order valence-electron chi connectivity index (χ1n) is 7.55. The van der Waals surface area contributed by atoms with Crippen LogP contribution in [0.15, 0.2) is 24.5 Å². The van der Waals surface area contributed by atoms with Crippen molar-refractivity contribution < 1.29 is 5.32 Å². The van der Waals surface area contributed by atoms with Crippen molar-refractivity contribution >= 4 is 0 Å². The molecule has 4 saturated carbocycles. The second kappa shape index (κ2) is 4.06. The topological polar surface area (TPSA) is 29.5 Å². The van der Waals surface area contributed by atoms with E-state index in [1.54, 1.807) is 19.3 Å². The summed E-state index contributed by atoms with van der Waals surface area (Å²) in [4.78, 5) is 4.23. The van der Waals surface area contributed by atoms with Crippen LogP contribution in [0.2, 0.25) is 0 Å². The van der Waals surface area contributed by atoms with Crippen molar-refractivity contribution in [3.05, 3.63) is 30.1 Å². The van der Waals surface area contributed by atoms with Gasteiger partial charge in [-0.1, -0.05) is 6.07 Å². The molecule has 1 aromatic rings. The number of quaternary nitrogens is 1. The van der Waals surface area contributed by atoms with Gasteiger partial charge in [0.15, 0.2) is 0 Å². The minimum Gasteiger partial charge on any atom is -0.338 e. The van der Waals surface area contributed by atoms with Crippen LogP contribution in [0.3, 0.4) is 0 Å². The van der Waals surface area contributed by atoms with Crippen molar-refractivity contribution in [1.29, 1.82) is 0 Å². The number of hydrogen-bond acceptors (Lipinski definition) is 1. The Morgan fingerprint density at radius 3 is 2.33 bits per heavy atom. The molecule has 5 rings (SSSR count). The van der Waals surface area contributed by atoms with Crippen LogP contribution in [-0.2, 0) is 6.54 Å². The molecule has 4 aliphatic carbocycles. The van der Waals surface area contributed by atoms with Gasteiger partial charge in [0.05, 0.1) is 5.54 Å². The van der Waals surface area contributed by atoms with Crippen LogP contribution >= 0.6 is 0 Å². The summed E-state index contributed by atoms with van der Waals surface area (Å²) >= 11 is 0. The van der Waals surface area contributed by atoms with Crippen molar-refractivity contribution in [3.8, 4) is 0 Å². The highest BCUT2D eigenvalue weighted by molar-refractivity contribution is 5.07. The van der Waals surface area contributed by atoms with Crippen LogP contribution in [0.4, 0.5) is 0 Å². The van der Waals surface area contributed by atoms with Crippen molar-refractivity contribution in [2.45, 2.75) is 50.6 Å². The van der Waals surface area contributed by atoms with E-state index in [9.17, 15) is 0 Å². The van der Waals surface area contributed by atoms with Crippen LogP contribution in [0, 0.1) is 17.8 Å². The van der Waals surface area contributed by atoms with Gasteiger partial charge in [-0.3, -0.25) is 4.98 Å². The van der Waals surface area contributed by atoms with E-state index in [2.05, 4.69) is 22.4 Å². The molecule has 0 aliphatic heterocycles. The zero-order valence-electron chi connectivity index (χ0n) is 11.0. The smallest absolute Gasteiger partial charge is 0.103 e. The van der Waals surface area contributed by atoms with Gasteiger partial charge in [0.1, 0.15) is 6.54 Å². The van der Waals surface area contributed by atoms with Gasteiger partial charge in [0, 0.05) is 37.2 Å². The normalized spacial score (nSPS) is 41.2. The van der Waals surface area contributed by atoms with E-state index in [4.69, 9.17) is 0 Å². The highest BCUT2D eigenvalue weighted by Crippen LogP contribution is 2.54. The van der Waals surface area contributed by atoms with E-state index in [1.807, 2.05) is 12.4 Å². The Bertz CT molecular complexity index is 391. The molecule has 2 N–H and O–H groups in total. The molecule has 0 spiro atoms. The first-order valence-corrected chi connectivity index (χ1v) is 7.55. The largest absolute Gasteiger partial charge is 0.338 e. The van der Waals surface area contributed by atoms with Crippen molar-refractivity contribution in [2.24, 2.45) is 17.8 Å². The fourth-order valence-electron chi connectivity index (χ4n) is 5.28. The maximum Gasteiger partial charge on any atom is 0.103 e. The average Bonchev–Trinajstić information content (AvgIpc) is 2.36. The molecule has 4 fully saturated rings. The Balaban J connectivity index is 1.48. The number of rotatable bonds is 3. The van der Waals surface area contributed by atoms with E-state index in [-0.39, 0.29) is 0 Å².